The topological polar surface area (TPSA) is 96.9 Å². The number of nitrogens with one attached hydrogen (secondary N) is 2. The Labute approximate surface area is 168 Å². The summed E-state index contributed by atoms with van der Waals surface area (Å²) in [5.41, 5.74) is 1.20. The van der Waals surface area contributed by atoms with Crippen molar-refractivity contribution in [2.75, 3.05) is 31.6 Å². The van der Waals surface area contributed by atoms with Gasteiger partial charge in [-0.3, -0.25) is 4.79 Å². The van der Waals surface area contributed by atoms with Gasteiger partial charge < -0.3 is 25.2 Å². The molecule has 2 rings (SSSR count). The number of carbonyl (C=O) groups excluding carboxylic acids is 2. The Hall–Kier alpha value is -2.42. The molecule has 1 heterocycles. The zero-order chi connectivity index (χ0) is 20.4. The number of benzene rings is 1. The van der Waals surface area contributed by atoms with Crippen molar-refractivity contribution in [1.29, 1.82) is 0 Å². The number of thiophene rings is 1. The van der Waals surface area contributed by atoms with Gasteiger partial charge in [0.25, 0.3) is 5.91 Å². The number of aliphatic hydroxyl groups excluding tert-OH is 1. The Morgan fingerprint density at radius 1 is 1.25 bits per heavy atom. The van der Waals surface area contributed by atoms with Gasteiger partial charge in [-0.15, -0.1) is 0 Å². The lowest BCUT2D eigenvalue weighted by molar-refractivity contribution is 0.0515. The van der Waals surface area contributed by atoms with E-state index in [-0.39, 0.29) is 24.7 Å². The van der Waals surface area contributed by atoms with Crippen LogP contribution in [0.2, 0.25) is 0 Å². The molecule has 0 saturated carbocycles. The Bertz CT molecular complexity index is 764. The van der Waals surface area contributed by atoms with Gasteiger partial charge >= 0.3 is 5.97 Å². The number of hydrogen-bond acceptors (Lipinski definition) is 7. The Kier molecular flexibility index (Phi) is 8.93. The van der Waals surface area contributed by atoms with Gasteiger partial charge in [-0.25, -0.2) is 4.79 Å². The Morgan fingerprint density at radius 3 is 2.75 bits per heavy atom. The minimum Gasteiger partial charge on any atom is -0.490 e. The van der Waals surface area contributed by atoms with E-state index in [9.17, 15) is 14.7 Å². The molecule has 1 atom stereocenters. The van der Waals surface area contributed by atoms with Crippen molar-refractivity contribution < 1.29 is 24.2 Å². The summed E-state index contributed by atoms with van der Waals surface area (Å²) in [4.78, 5) is 24.5. The number of anilines is 1. The first kappa shape index (κ1) is 21.9. The molecular weight excluding hydrogens is 380 g/mol. The van der Waals surface area contributed by atoms with E-state index in [1.807, 2.05) is 12.3 Å². The first-order chi connectivity index (χ1) is 13.5. The van der Waals surface area contributed by atoms with E-state index in [1.54, 1.807) is 30.5 Å². The normalized spacial score (nSPS) is 11.7. The van der Waals surface area contributed by atoms with Crippen molar-refractivity contribution in [3.05, 3.63) is 46.2 Å². The first-order valence-electron chi connectivity index (χ1n) is 9.21. The highest BCUT2D eigenvalue weighted by Crippen LogP contribution is 2.25. The summed E-state index contributed by atoms with van der Waals surface area (Å²) in [5, 5.41) is 19.4. The van der Waals surface area contributed by atoms with Crippen LogP contribution in [0.1, 0.15) is 41.0 Å². The summed E-state index contributed by atoms with van der Waals surface area (Å²) >= 11 is 1.43. The van der Waals surface area contributed by atoms with E-state index < -0.39 is 12.1 Å². The molecule has 8 heteroatoms. The molecule has 1 aromatic heterocycles. The third kappa shape index (κ3) is 6.63. The molecule has 3 N–H and O–H groups in total. The summed E-state index contributed by atoms with van der Waals surface area (Å²) in [7, 11) is 0. The SMILES string of the molecule is CCCNCC(O)COc1ccc(NC(=O)c2ccsc2)cc1C(=O)OCC. The standard InChI is InChI=1S/C20H26N2O5S/c1-3-8-21-11-16(23)12-27-18-6-5-15(10-17(18)20(25)26-4-2)22-19(24)14-7-9-28-13-14/h5-7,9-10,13,16,21,23H,3-4,8,11-12H2,1-2H3,(H,22,24). The molecular formula is C20H26N2O5S. The molecule has 0 aliphatic carbocycles. The molecule has 2 aromatic rings. The van der Waals surface area contributed by atoms with Crippen LogP contribution in [0, 0.1) is 0 Å². The van der Waals surface area contributed by atoms with E-state index >= 15 is 0 Å². The maximum Gasteiger partial charge on any atom is 0.341 e. The molecule has 0 radical (unpaired) electrons. The van der Waals surface area contributed by atoms with Crippen LogP contribution >= 0.6 is 11.3 Å². The molecule has 0 aliphatic rings. The largest absolute Gasteiger partial charge is 0.490 e. The second-order valence-electron chi connectivity index (χ2n) is 6.07. The van der Waals surface area contributed by atoms with Crippen LogP contribution < -0.4 is 15.4 Å². The van der Waals surface area contributed by atoms with Crippen molar-refractivity contribution in [2.24, 2.45) is 0 Å². The van der Waals surface area contributed by atoms with Gasteiger partial charge in [0.05, 0.1) is 12.2 Å². The lowest BCUT2D eigenvalue weighted by atomic mass is 10.1. The average molecular weight is 407 g/mol. The summed E-state index contributed by atoms with van der Waals surface area (Å²) in [6, 6.07) is 6.46. The van der Waals surface area contributed by atoms with Crippen molar-refractivity contribution in [1.82, 2.24) is 5.32 Å². The minimum absolute atomic E-state index is 0.0315. The minimum atomic E-state index is -0.709. The molecule has 152 valence electrons. The summed E-state index contributed by atoms with van der Waals surface area (Å²) in [5.74, 6) is -0.522. The molecule has 0 spiro atoms. The van der Waals surface area contributed by atoms with Gasteiger partial charge in [0.1, 0.15) is 24.0 Å². The van der Waals surface area contributed by atoms with Gasteiger partial charge in [-0.05, 0) is 49.5 Å². The van der Waals surface area contributed by atoms with Crippen LogP contribution in [0.25, 0.3) is 0 Å². The van der Waals surface area contributed by atoms with Crippen molar-refractivity contribution >= 4 is 28.9 Å². The molecule has 1 amide bonds. The fourth-order valence-corrected chi connectivity index (χ4v) is 3.03. The Balaban J connectivity index is 2.09. The third-order valence-corrected chi connectivity index (χ3v) is 4.44. The highest BCUT2D eigenvalue weighted by atomic mass is 32.1. The van der Waals surface area contributed by atoms with Gasteiger partial charge in [0.15, 0.2) is 0 Å². The third-order valence-electron chi connectivity index (χ3n) is 3.75. The number of rotatable bonds is 11. The molecule has 0 saturated heterocycles. The van der Waals surface area contributed by atoms with Crippen LogP contribution in [-0.4, -0.2) is 49.4 Å². The van der Waals surface area contributed by atoms with E-state index in [1.165, 1.54) is 17.4 Å². The molecule has 7 nitrogen and oxygen atoms in total. The van der Waals surface area contributed by atoms with Gasteiger partial charge in [-0.1, -0.05) is 6.92 Å². The monoisotopic (exact) mass is 406 g/mol. The lowest BCUT2D eigenvalue weighted by Gasteiger charge is -2.16. The highest BCUT2D eigenvalue weighted by Gasteiger charge is 2.17. The maximum atomic E-state index is 12.3. The molecule has 0 aliphatic heterocycles. The average Bonchev–Trinajstić information content (AvgIpc) is 3.22. The predicted octanol–water partition coefficient (Wildman–Crippen LogP) is 2.92. The van der Waals surface area contributed by atoms with E-state index in [0.717, 1.165) is 13.0 Å². The number of aliphatic hydroxyl groups is 1. The summed E-state index contributed by atoms with van der Waals surface area (Å²) in [6.45, 7) is 5.21. The number of carbonyl (C=O) groups is 2. The second kappa shape index (κ2) is 11.4. The fourth-order valence-electron chi connectivity index (χ4n) is 2.39. The van der Waals surface area contributed by atoms with Crippen LogP contribution in [0.4, 0.5) is 5.69 Å². The highest BCUT2D eigenvalue weighted by molar-refractivity contribution is 7.08. The molecule has 28 heavy (non-hydrogen) atoms. The molecule has 0 bridgehead atoms. The van der Waals surface area contributed by atoms with Gasteiger partial charge in [0.2, 0.25) is 0 Å². The van der Waals surface area contributed by atoms with E-state index in [0.29, 0.717) is 23.5 Å². The van der Waals surface area contributed by atoms with Crippen molar-refractivity contribution in [3.8, 4) is 5.75 Å². The fraction of sp³-hybridized carbons (Fsp3) is 0.400. The molecule has 0 fully saturated rings. The smallest absolute Gasteiger partial charge is 0.341 e. The lowest BCUT2D eigenvalue weighted by Crippen LogP contribution is -2.32. The Morgan fingerprint density at radius 2 is 2.07 bits per heavy atom. The molecule has 1 aromatic carbocycles. The van der Waals surface area contributed by atoms with E-state index in [2.05, 4.69) is 10.6 Å². The predicted molar refractivity (Wildman–Crippen MR) is 109 cm³/mol. The summed E-state index contributed by atoms with van der Waals surface area (Å²) < 4.78 is 10.7. The van der Waals surface area contributed by atoms with E-state index in [4.69, 9.17) is 9.47 Å². The number of hydrogen-bond donors (Lipinski definition) is 3. The molecule has 1 unspecified atom stereocenters. The van der Waals surface area contributed by atoms with Gasteiger partial charge in [-0.2, -0.15) is 11.3 Å². The first-order valence-corrected chi connectivity index (χ1v) is 10.2. The van der Waals surface area contributed by atoms with Crippen molar-refractivity contribution in [3.63, 3.8) is 0 Å². The zero-order valence-corrected chi connectivity index (χ0v) is 16.9. The zero-order valence-electron chi connectivity index (χ0n) is 16.1. The number of amides is 1. The van der Waals surface area contributed by atoms with Crippen LogP contribution in [-0.2, 0) is 4.74 Å². The van der Waals surface area contributed by atoms with Crippen molar-refractivity contribution in [2.45, 2.75) is 26.4 Å². The van der Waals surface area contributed by atoms with Crippen LogP contribution in [0.15, 0.2) is 35.0 Å². The second-order valence-corrected chi connectivity index (χ2v) is 6.85. The maximum absolute atomic E-state index is 12.3. The summed E-state index contributed by atoms with van der Waals surface area (Å²) in [6.07, 6.45) is 0.263. The quantitative estimate of drug-likeness (QED) is 0.392. The number of ether oxygens (including phenoxy) is 2. The van der Waals surface area contributed by atoms with Gasteiger partial charge in [0, 0.05) is 17.6 Å². The van der Waals surface area contributed by atoms with Crippen LogP contribution in [0.5, 0.6) is 5.75 Å². The number of esters is 1. The van der Waals surface area contributed by atoms with Crippen LogP contribution in [0.3, 0.4) is 0 Å².